The highest BCUT2D eigenvalue weighted by atomic mass is 16.6. The zero-order valence-corrected chi connectivity index (χ0v) is 45.8. The maximum atomic E-state index is 12.9. The van der Waals surface area contributed by atoms with Crippen LogP contribution in [0.3, 0.4) is 0 Å². The lowest BCUT2D eigenvalue weighted by atomic mass is 10.1. The van der Waals surface area contributed by atoms with Crippen LogP contribution in [0.2, 0.25) is 0 Å². The van der Waals surface area contributed by atoms with Crippen molar-refractivity contribution in [1.82, 2.24) is 0 Å². The number of carbonyl (C=O) groups excluding carboxylic acids is 3. The Labute approximate surface area is 432 Å². The minimum Gasteiger partial charge on any atom is -0.462 e. The number of hydrogen-bond donors (Lipinski definition) is 0. The van der Waals surface area contributed by atoms with E-state index >= 15 is 0 Å². The second kappa shape index (κ2) is 57.9. The zero-order chi connectivity index (χ0) is 50.7. The molecule has 0 amide bonds. The Morgan fingerprint density at radius 2 is 0.586 bits per heavy atom. The number of carbonyl (C=O) groups is 3. The van der Waals surface area contributed by atoms with Gasteiger partial charge in [0, 0.05) is 19.3 Å². The second-order valence-electron chi connectivity index (χ2n) is 19.2. The molecule has 0 heterocycles. The molecule has 0 unspecified atom stereocenters. The van der Waals surface area contributed by atoms with Crippen LogP contribution in [0.15, 0.2) is 97.2 Å². The number of ether oxygens (including phenoxy) is 3. The van der Waals surface area contributed by atoms with E-state index in [9.17, 15) is 14.4 Å². The lowest BCUT2D eigenvalue weighted by Gasteiger charge is -2.18. The largest absolute Gasteiger partial charge is 0.462 e. The Kier molecular flexibility index (Phi) is 54.9. The molecule has 0 aliphatic carbocycles. The zero-order valence-electron chi connectivity index (χ0n) is 45.8. The van der Waals surface area contributed by atoms with E-state index in [1.165, 1.54) is 135 Å². The third-order valence-corrected chi connectivity index (χ3v) is 12.3. The first-order valence-electron chi connectivity index (χ1n) is 29.2. The molecule has 6 heteroatoms. The lowest BCUT2D eigenvalue weighted by molar-refractivity contribution is -0.166. The van der Waals surface area contributed by atoms with Gasteiger partial charge in [0.2, 0.25) is 0 Å². The number of esters is 3. The fraction of sp³-hybridized carbons (Fsp3) is 0.703. The summed E-state index contributed by atoms with van der Waals surface area (Å²) in [6.45, 7) is 6.45. The van der Waals surface area contributed by atoms with Crippen LogP contribution in [0.1, 0.15) is 271 Å². The molecule has 0 aromatic rings. The van der Waals surface area contributed by atoms with Gasteiger partial charge in [-0.1, -0.05) is 240 Å². The molecule has 1 atom stereocenters. The molecule has 0 spiro atoms. The van der Waals surface area contributed by atoms with E-state index in [0.717, 1.165) is 89.9 Å². The first-order valence-corrected chi connectivity index (χ1v) is 29.2. The predicted molar refractivity (Wildman–Crippen MR) is 302 cm³/mol. The summed E-state index contributed by atoms with van der Waals surface area (Å²) in [6.07, 6.45) is 76.9. The van der Waals surface area contributed by atoms with Crippen molar-refractivity contribution in [2.75, 3.05) is 13.2 Å². The Hall–Kier alpha value is -3.67. The molecule has 0 aromatic heterocycles. The Bertz CT molecular complexity index is 1400. The number of hydrogen-bond acceptors (Lipinski definition) is 6. The van der Waals surface area contributed by atoms with Gasteiger partial charge in [-0.25, -0.2) is 0 Å². The summed E-state index contributed by atoms with van der Waals surface area (Å²) in [6, 6.07) is 0. The van der Waals surface area contributed by atoms with E-state index in [2.05, 4.69) is 112 Å². The second-order valence-corrected chi connectivity index (χ2v) is 19.2. The summed E-state index contributed by atoms with van der Waals surface area (Å²) < 4.78 is 16.8. The summed E-state index contributed by atoms with van der Waals surface area (Å²) in [5, 5.41) is 0. The van der Waals surface area contributed by atoms with Gasteiger partial charge in [-0.05, 0) is 109 Å². The minimum atomic E-state index is -0.813. The van der Waals surface area contributed by atoms with E-state index in [4.69, 9.17) is 14.2 Å². The first kappa shape index (κ1) is 66.3. The maximum absolute atomic E-state index is 12.9. The van der Waals surface area contributed by atoms with Crippen molar-refractivity contribution < 1.29 is 28.6 Å². The standard InChI is InChI=1S/C64H108O6/c1-4-7-10-13-16-19-22-25-28-30-32-34-36-39-42-45-48-51-54-57-63(66)69-60-61(59-68-62(65)56-53-50-47-44-41-38-27-24-21-18-15-12-9-6-3)70-64(67)58-55-52-49-46-43-40-37-35-33-31-29-26-23-20-17-14-11-8-5-2/h7,10,16,19,24-29,32,34,39,42,48,51,61H,4-6,8-9,11-15,17-18,20-23,30-31,33,35-38,40-41,43-47,49-50,52-60H2,1-3H3/b10-7+,19-16+,27-24+,28-25+,29-26+,34-32+,42-39+,51-48+/t61-/m1/s1. The quantitative estimate of drug-likeness (QED) is 0.0262. The van der Waals surface area contributed by atoms with Crippen molar-refractivity contribution in [2.45, 2.75) is 277 Å². The SMILES string of the molecule is CC/C=C/C/C=C/C/C=C/C/C=C/C/C=C/C/C=C/CCC(=O)OC[C@@H](COC(=O)CCCCCCC/C=C/CCCCCCC)OC(=O)CCCCCCCCCCC/C=C/CCCCCCCC. The monoisotopic (exact) mass is 973 g/mol. The van der Waals surface area contributed by atoms with Crippen LogP contribution in [0.25, 0.3) is 0 Å². The summed E-state index contributed by atoms with van der Waals surface area (Å²) in [4.78, 5) is 38.1. The third kappa shape index (κ3) is 55.3. The fourth-order valence-electron chi connectivity index (χ4n) is 7.93. The number of allylic oxidation sites excluding steroid dienone is 16. The van der Waals surface area contributed by atoms with E-state index in [-0.39, 0.29) is 37.5 Å². The normalized spacial score (nSPS) is 12.8. The van der Waals surface area contributed by atoms with Crippen molar-refractivity contribution in [2.24, 2.45) is 0 Å². The molecule has 0 saturated heterocycles. The van der Waals surface area contributed by atoms with Crippen LogP contribution < -0.4 is 0 Å². The van der Waals surface area contributed by atoms with Gasteiger partial charge >= 0.3 is 17.9 Å². The molecule has 0 bridgehead atoms. The molecule has 0 aliphatic rings. The molecule has 400 valence electrons. The number of unbranched alkanes of at least 4 members (excludes halogenated alkanes) is 25. The van der Waals surface area contributed by atoms with Crippen LogP contribution in [-0.4, -0.2) is 37.2 Å². The van der Waals surface area contributed by atoms with E-state index in [1.807, 2.05) is 6.08 Å². The minimum absolute atomic E-state index is 0.106. The highest BCUT2D eigenvalue weighted by Crippen LogP contribution is 2.15. The molecular weight excluding hydrogens is 865 g/mol. The van der Waals surface area contributed by atoms with Gasteiger partial charge in [-0.2, -0.15) is 0 Å². The molecule has 70 heavy (non-hydrogen) atoms. The van der Waals surface area contributed by atoms with Gasteiger partial charge in [0.1, 0.15) is 13.2 Å². The highest BCUT2D eigenvalue weighted by molar-refractivity contribution is 5.71. The summed E-state index contributed by atoms with van der Waals surface area (Å²) >= 11 is 0. The molecule has 0 aliphatic heterocycles. The third-order valence-electron chi connectivity index (χ3n) is 12.3. The van der Waals surface area contributed by atoms with Gasteiger partial charge in [-0.15, -0.1) is 0 Å². The van der Waals surface area contributed by atoms with Crippen molar-refractivity contribution in [3.63, 3.8) is 0 Å². The van der Waals surface area contributed by atoms with Crippen LogP contribution in [-0.2, 0) is 28.6 Å². The van der Waals surface area contributed by atoms with Gasteiger partial charge in [0.15, 0.2) is 6.10 Å². The average Bonchev–Trinajstić information content (AvgIpc) is 3.36. The van der Waals surface area contributed by atoms with Crippen LogP contribution in [0, 0.1) is 0 Å². The van der Waals surface area contributed by atoms with E-state index < -0.39 is 6.10 Å². The molecule has 0 saturated carbocycles. The topological polar surface area (TPSA) is 78.9 Å². The van der Waals surface area contributed by atoms with Crippen molar-refractivity contribution in [1.29, 1.82) is 0 Å². The smallest absolute Gasteiger partial charge is 0.306 e. The highest BCUT2D eigenvalue weighted by Gasteiger charge is 2.19. The lowest BCUT2D eigenvalue weighted by Crippen LogP contribution is -2.30. The van der Waals surface area contributed by atoms with Gasteiger partial charge < -0.3 is 14.2 Å². The van der Waals surface area contributed by atoms with Crippen molar-refractivity contribution >= 4 is 17.9 Å². The molecule has 0 radical (unpaired) electrons. The van der Waals surface area contributed by atoms with E-state index in [0.29, 0.717) is 19.3 Å². The molecule has 0 aromatic carbocycles. The van der Waals surface area contributed by atoms with Gasteiger partial charge in [0.25, 0.3) is 0 Å². The van der Waals surface area contributed by atoms with E-state index in [1.54, 1.807) is 0 Å². The van der Waals surface area contributed by atoms with Crippen LogP contribution in [0.5, 0.6) is 0 Å². The van der Waals surface area contributed by atoms with Crippen LogP contribution >= 0.6 is 0 Å². The molecule has 0 N–H and O–H groups in total. The van der Waals surface area contributed by atoms with Crippen molar-refractivity contribution in [3.05, 3.63) is 97.2 Å². The predicted octanol–water partition coefficient (Wildman–Crippen LogP) is 19.7. The molecule has 0 fully saturated rings. The Morgan fingerprint density at radius 1 is 0.300 bits per heavy atom. The molecule has 6 nitrogen and oxygen atoms in total. The maximum Gasteiger partial charge on any atom is 0.306 e. The van der Waals surface area contributed by atoms with Crippen LogP contribution in [0.4, 0.5) is 0 Å². The summed E-state index contributed by atoms with van der Waals surface area (Å²) in [7, 11) is 0. The van der Waals surface area contributed by atoms with Gasteiger partial charge in [-0.3, -0.25) is 14.4 Å². The number of rotatable bonds is 52. The van der Waals surface area contributed by atoms with Gasteiger partial charge in [0.05, 0.1) is 0 Å². The Morgan fingerprint density at radius 3 is 0.957 bits per heavy atom. The average molecular weight is 974 g/mol. The fourth-order valence-corrected chi connectivity index (χ4v) is 7.93. The summed E-state index contributed by atoms with van der Waals surface area (Å²) in [5.74, 6) is -0.999. The van der Waals surface area contributed by atoms with Crippen molar-refractivity contribution in [3.8, 4) is 0 Å². The Balaban J connectivity index is 4.49. The molecule has 0 rings (SSSR count). The molecular formula is C64H108O6. The summed E-state index contributed by atoms with van der Waals surface area (Å²) in [5.41, 5.74) is 0. The first-order chi connectivity index (χ1) is 34.5.